The summed E-state index contributed by atoms with van der Waals surface area (Å²) in [7, 11) is -4.33. The van der Waals surface area contributed by atoms with E-state index < -0.39 is 10.1 Å². The van der Waals surface area contributed by atoms with Crippen molar-refractivity contribution in [1.29, 1.82) is 0 Å². The van der Waals surface area contributed by atoms with E-state index in [0.29, 0.717) is 22.4 Å². The molecule has 0 aliphatic rings. The molecule has 1 heterocycles. The van der Waals surface area contributed by atoms with Gasteiger partial charge in [-0.3, -0.25) is 0 Å². The quantitative estimate of drug-likeness (QED) is 0.403. The number of halogens is 1. The van der Waals surface area contributed by atoms with Crippen molar-refractivity contribution in [2.75, 3.05) is 5.84 Å². The molecule has 1 aromatic heterocycles. The lowest BCUT2D eigenvalue weighted by atomic mass is 10.1. The fourth-order valence-electron chi connectivity index (χ4n) is 2.98. The molecule has 0 saturated heterocycles. The van der Waals surface area contributed by atoms with E-state index in [2.05, 4.69) is 5.10 Å². The lowest BCUT2D eigenvalue weighted by Gasteiger charge is -2.14. The molecule has 0 atom stereocenters. The van der Waals surface area contributed by atoms with E-state index in [0.717, 1.165) is 11.1 Å². The summed E-state index contributed by atoms with van der Waals surface area (Å²) in [6, 6.07) is 11.7. The maximum atomic E-state index is 13.5. The molecule has 0 spiro atoms. The molecule has 0 saturated carbocycles. The molecule has 2 N–H and O–H groups in total. The molecule has 3 rings (SSSR count). The first-order valence-corrected chi connectivity index (χ1v) is 9.85. The van der Waals surface area contributed by atoms with E-state index in [1.807, 2.05) is 13.8 Å². The normalized spacial score (nSPS) is 10.9. The zero-order chi connectivity index (χ0) is 21.1. The number of aromatic nitrogens is 2. The summed E-state index contributed by atoms with van der Waals surface area (Å²) in [5.41, 5.74) is 3.93. The zero-order valence-corrected chi connectivity index (χ0v) is 16.9. The summed E-state index contributed by atoms with van der Waals surface area (Å²) >= 11 is 0. The molecule has 28 heavy (non-hydrogen) atoms. The smallest absolute Gasteiger partial charge is 0.230 e. The predicted molar refractivity (Wildman–Crippen MR) is 103 cm³/mol. The van der Waals surface area contributed by atoms with Gasteiger partial charge in [0.2, 0.25) is 6.20 Å². The average molecular weight is 403 g/mol. The molecule has 6 nitrogen and oxygen atoms in total. The molecule has 0 aliphatic carbocycles. The minimum absolute atomic E-state index is 0.0851. The highest BCUT2D eigenvalue weighted by Gasteiger charge is 2.12. The second-order valence-corrected chi connectivity index (χ2v) is 7.81. The van der Waals surface area contributed by atoms with Crippen molar-refractivity contribution in [3.63, 3.8) is 0 Å². The molecule has 0 unspecified atom stereocenters. The van der Waals surface area contributed by atoms with Crippen LogP contribution in [0.5, 0.6) is 0 Å². The van der Waals surface area contributed by atoms with Crippen LogP contribution in [-0.2, 0) is 10.1 Å². The van der Waals surface area contributed by atoms with E-state index in [1.54, 1.807) is 56.4 Å². The fraction of sp³-hybridized carbons (Fsp3) is 0.200. The number of hydrogen-bond acceptors (Lipinski definition) is 5. The van der Waals surface area contributed by atoms with Crippen LogP contribution in [0.25, 0.3) is 11.3 Å². The van der Waals surface area contributed by atoms with Gasteiger partial charge in [-0.1, -0.05) is 29.8 Å². The minimum Gasteiger partial charge on any atom is -0.744 e. The van der Waals surface area contributed by atoms with E-state index >= 15 is 0 Å². The van der Waals surface area contributed by atoms with Gasteiger partial charge in [0.25, 0.3) is 0 Å². The van der Waals surface area contributed by atoms with Gasteiger partial charge < -0.3 is 4.55 Å². The summed E-state index contributed by atoms with van der Waals surface area (Å²) in [5, 5.41) is 4.06. The second-order valence-electron chi connectivity index (χ2n) is 6.49. The molecule has 2 aromatic carbocycles. The third kappa shape index (κ3) is 5.11. The van der Waals surface area contributed by atoms with Crippen LogP contribution in [0, 0.1) is 33.5 Å². The van der Waals surface area contributed by atoms with Crippen LogP contribution in [0.15, 0.2) is 53.6 Å². The Morgan fingerprint density at radius 3 is 2.11 bits per heavy atom. The average Bonchev–Trinajstić information content (AvgIpc) is 2.56. The molecule has 0 bridgehead atoms. The highest BCUT2D eigenvalue weighted by molar-refractivity contribution is 7.85. The third-order valence-electron chi connectivity index (χ3n) is 4.05. The molecule has 0 amide bonds. The molecule has 0 aliphatic heterocycles. The number of nitrogens with zero attached hydrogens (tertiary/aromatic N) is 2. The number of hydrogen-bond donors (Lipinski definition) is 1. The maximum absolute atomic E-state index is 13.5. The van der Waals surface area contributed by atoms with Crippen LogP contribution < -0.4 is 10.6 Å². The SMILES string of the molecule is Cc1cc(C)c(S(=O)(=O)[O-])c(C)c1.Cc1cc[n+](N)nc1-c1ccccc1F. The molecule has 0 fully saturated rings. The first-order valence-electron chi connectivity index (χ1n) is 8.44. The Hall–Kier alpha value is -2.84. The Kier molecular flexibility index (Phi) is 6.48. The van der Waals surface area contributed by atoms with Gasteiger partial charge in [0.15, 0.2) is 0 Å². The topological polar surface area (TPSA) is 100.0 Å². The lowest BCUT2D eigenvalue weighted by molar-refractivity contribution is -0.699. The predicted octanol–water partition coefficient (Wildman–Crippen LogP) is 2.71. The molecule has 8 heteroatoms. The van der Waals surface area contributed by atoms with Gasteiger partial charge in [0.1, 0.15) is 21.6 Å². The Morgan fingerprint density at radius 2 is 1.57 bits per heavy atom. The number of nitrogen functional groups attached to an aromatic ring is 1. The van der Waals surface area contributed by atoms with Gasteiger partial charge in [-0.2, -0.15) is 5.84 Å². The summed E-state index contributed by atoms with van der Waals surface area (Å²) in [5.74, 6) is 5.21. The van der Waals surface area contributed by atoms with Crippen molar-refractivity contribution in [3.05, 3.63) is 76.7 Å². The molecular formula is C20H22FN3O3S. The fourth-order valence-corrected chi connectivity index (χ4v) is 3.88. The number of nitrogens with two attached hydrogens (primary N) is 1. The highest BCUT2D eigenvalue weighted by Crippen LogP contribution is 2.22. The first kappa shape index (κ1) is 21.5. The van der Waals surface area contributed by atoms with Gasteiger partial charge in [-0.05, 0) is 56.5 Å². The third-order valence-corrected chi connectivity index (χ3v) is 5.19. The van der Waals surface area contributed by atoms with Crippen molar-refractivity contribution < 1.29 is 22.2 Å². The van der Waals surface area contributed by atoms with Crippen LogP contribution in [0.4, 0.5) is 4.39 Å². The van der Waals surface area contributed by atoms with Gasteiger partial charge >= 0.3 is 0 Å². The van der Waals surface area contributed by atoms with Crippen LogP contribution in [-0.4, -0.2) is 18.1 Å². The Bertz CT molecular complexity index is 1090. The van der Waals surface area contributed by atoms with Gasteiger partial charge in [0.05, 0.1) is 4.90 Å². The van der Waals surface area contributed by atoms with Crippen LogP contribution in [0.1, 0.15) is 22.3 Å². The van der Waals surface area contributed by atoms with Crippen molar-refractivity contribution in [2.24, 2.45) is 0 Å². The monoisotopic (exact) mass is 403 g/mol. The van der Waals surface area contributed by atoms with Gasteiger partial charge in [-0.15, -0.1) is 0 Å². The Morgan fingerprint density at radius 1 is 1.00 bits per heavy atom. The zero-order valence-electron chi connectivity index (χ0n) is 16.1. The lowest BCUT2D eigenvalue weighted by Crippen LogP contribution is -2.48. The van der Waals surface area contributed by atoms with E-state index in [4.69, 9.17) is 5.84 Å². The Balaban J connectivity index is 0.000000203. The van der Waals surface area contributed by atoms with E-state index in [9.17, 15) is 17.4 Å². The summed E-state index contributed by atoms with van der Waals surface area (Å²) in [6.45, 7) is 6.99. The second kappa shape index (κ2) is 8.45. The van der Waals surface area contributed by atoms with Crippen LogP contribution in [0.2, 0.25) is 0 Å². The number of benzene rings is 2. The minimum atomic E-state index is -4.33. The molecule has 148 valence electrons. The number of rotatable bonds is 2. The van der Waals surface area contributed by atoms with E-state index in [1.165, 1.54) is 10.9 Å². The first-order chi connectivity index (χ1) is 13.0. The Labute approximate surface area is 164 Å². The van der Waals surface area contributed by atoms with Gasteiger partial charge in [-0.25, -0.2) is 12.8 Å². The summed E-state index contributed by atoms with van der Waals surface area (Å²) in [6.07, 6.45) is 1.62. The van der Waals surface area contributed by atoms with Crippen molar-refractivity contribution in [3.8, 4) is 11.3 Å². The van der Waals surface area contributed by atoms with Crippen LogP contribution >= 0.6 is 0 Å². The summed E-state index contributed by atoms with van der Waals surface area (Å²) < 4.78 is 46.0. The highest BCUT2D eigenvalue weighted by atomic mass is 32.2. The van der Waals surface area contributed by atoms with Crippen molar-refractivity contribution >= 4 is 10.1 Å². The molecule has 0 radical (unpaired) electrons. The maximum Gasteiger partial charge on any atom is 0.230 e. The molecule has 3 aromatic rings. The standard InChI is InChI=1S/C11H11FN3.C9H12O3S/c1-8-6-7-15(13)14-11(8)9-4-2-3-5-10(9)12;1-6-4-7(2)9(8(3)5-6)13(10,11)12/h2-7H,1H3,(H2,13,14);4-5H,1-3H3,(H,10,11,12)/q+1;/p-1. The summed E-state index contributed by atoms with van der Waals surface area (Å²) in [4.78, 5) is 1.09. The van der Waals surface area contributed by atoms with E-state index in [-0.39, 0.29) is 10.7 Å². The largest absolute Gasteiger partial charge is 0.744 e. The van der Waals surface area contributed by atoms with Gasteiger partial charge in [0, 0.05) is 21.5 Å². The van der Waals surface area contributed by atoms with Crippen molar-refractivity contribution in [2.45, 2.75) is 32.6 Å². The van der Waals surface area contributed by atoms with Crippen molar-refractivity contribution in [1.82, 2.24) is 5.10 Å². The number of aryl methyl sites for hydroxylation is 4. The molecular weight excluding hydrogens is 381 g/mol. The van der Waals surface area contributed by atoms with Crippen LogP contribution in [0.3, 0.4) is 0 Å².